The van der Waals surface area contributed by atoms with Crippen LogP contribution < -0.4 is 10.6 Å². The third-order valence-corrected chi connectivity index (χ3v) is 4.42. The smallest absolute Gasteiger partial charge is 0.243 e. The number of aliphatic imine (C=N–C) groups is 1. The predicted molar refractivity (Wildman–Crippen MR) is 114 cm³/mol. The molecule has 0 atom stereocenters. The summed E-state index contributed by atoms with van der Waals surface area (Å²) in [5.74, 6) is 1.74. The van der Waals surface area contributed by atoms with Crippen LogP contribution in [0, 0.1) is 0 Å². The number of amides is 1. The van der Waals surface area contributed by atoms with Crippen LogP contribution in [0.3, 0.4) is 0 Å². The van der Waals surface area contributed by atoms with Crippen LogP contribution >= 0.6 is 24.0 Å². The second-order valence-electron chi connectivity index (χ2n) is 7.16. The normalized spacial score (nSPS) is 15.5. The molecule has 8 heteroatoms. The maximum Gasteiger partial charge on any atom is 0.243 e. The lowest BCUT2D eigenvalue weighted by atomic mass is 9.96. The number of halogens is 1. The van der Waals surface area contributed by atoms with Crippen molar-refractivity contribution in [2.75, 3.05) is 20.6 Å². The zero-order chi connectivity index (χ0) is 18.2. The third-order valence-electron chi connectivity index (χ3n) is 4.42. The summed E-state index contributed by atoms with van der Waals surface area (Å²) in [7, 11) is 3.48. The minimum Gasteiger partial charge on any atom is -0.359 e. The van der Waals surface area contributed by atoms with E-state index in [9.17, 15) is 4.79 Å². The largest absolute Gasteiger partial charge is 0.359 e. The van der Waals surface area contributed by atoms with Crippen molar-refractivity contribution in [3.63, 3.8) is 0 Å². The molecule has 1 aromatic heterocycles. The van der Waals surface area contributed by atoms with Crippen LogP contribution in [0.5, 0.6) is 0 Å². The summed E-state index contributed by atoms with van der Waals surface area (Å²) in [5.41, 5.74) is 0.943. The summed E-state index contributed by atoms with van der Waals surface area (Å²) in [4.78, 5) is 17.8. The van der Waals surface area contributed by atoms with Gasteiger partial charge in [-0.05, 0) is 18.8 Å². The van der Waals surface area contributed by atoms with Gasteiger partial charge in [0.25, 0.3) is 0 Å². The summed E-state index contributed by atoms with van der Waals surface area (Å²) >= 11 is 0. The number of hydrogen-bond acceptors (Lipinski definition) is 4. The Balaban J connectivity index is 0.00000338. The molecule has 1 amide bonds. The summed E-state index contributed by atoms with van der Waals surface area (Å²) in [6, 6.07) is 2.37. The van der Waals surface area contributed by atoms with E-state index in [2.05, 4.69) is 34.6 Å². The standard InChI is InChI=1S/C18H31N5O2.HI/c1-13(2)16-10-15(25-22-16)11-19-18(20-12-17(24)23(3)4)21-14-8-6-5-7-9-14;/h10,13-14H,5-9,11-12H2,1-4H3,(H2,19,20,21);1H. The first kappa shape index (κ1) is 22.7. The zero-order valence-electron chi connectivity index (χ0n) is 16.2. The first-order valence-electron chi connectivity index (χ1n) is 9.16. The predicted octanol–water partition coefficient (Wildman–Crippen LogP) is 2.87. The minimum atomic E-state index is -0.0218. The van der Waals surface area contributed by atoms with Gasteiger partial charge in [0.05, 0.1) is 12.2 Å². The number of carbonyl (C=O) groups is 1. The van der Waals surface area contributed by atoms with Crippen molar-refractivity contribution in [2.45, 2.75) is 64.5 Å². The zero-order valence-corrected chi connectivity index (χ0v) is 18.6. The van der Waals surface area contributed by atoms with E-state index >= 15 is 0 Å². The maximum atomic E-state index is 11.8. The highest BCUT2D eigenvalue weighted by Gasteiger charge is 2.16. The van der Waals surface area contributed by atoms with Crippen molar-refractivity contribution >= 4 is 35.8 Å². The fraction of sp³-hybridized carbons (Fsp3) is 0.722. The van der Waals surface area contributed by atoms with Crippen LogP contribution in [0.25, 0.3) is 0 Å². The average Bonchev–Trinajstić information content (AvgIpc) is 3.07. The fourth-order valence-corrected chi connectivity index (χ4v) is 2.74. The lowest BCUT2D eigenvalue weighted by Crippen LogP contribution is -2.44. The molecule has 0 aromatic carbocycles. The van der Waals surface area contributed by atoms with E-state index in [1.54, 1.807) is 19.0 Å². The minimum absolute atomic E-state index is 0. The molecule has 1 aliphatic carbocycles. The number of carbonyl (C=O) groups excluding carboxylic acids is 1. The molecule has 0 unspecified atom stereocenters. The van der Waals surface area contributed by atoms with Crippen molar-refractivity contribution in [2.24, 2.45) is 4.99 Å². The molecular formula is C18H32IN5O2. The van der Waals surface area contributed by atoms with E-state index in [0.717, 1.165) is 24.3 Å². The Kier molecular flexibility index (Phi) is 9.97. The number of nitrogens with one attached hydrogen (secondary N) is 2. The molecule has 0 spiro atoms. The molecule has 1 aliphatic rings. The van der Waals surface area contributed by atoms with E-state index in [4.69, 9.17) is 4.52 Å². The Hall–Kier alpha value is -1.32. The number of guanidine groups is 1. The van der Waals surface area contributed by atoms with Crippen molar-refractivity contribution in [1.82, 2.24) is 20.7 Å². The van der Waals surface area contributed by atoms with Gasteiger partial charge in [-0.3, -0.25) is 4.79 Å². The average molecular weight is 477 g/mol. The Morgan fingerprint density at radius 2 is 2.04 bits per heavy atom. The van der Waals surface area contributed by atoms with Gasteiger partial charge in [-0.25, -0.2) is 4.99 Å². The summed E-state index contributed by atoms with van der Waals surface area (Å²) in [5, 5.41) is 10.8. The van der Waals surface area contributed by atoms with Crippen molar-refractivity contribution in [3.8, 4) is 0 Å². The number of likely N-dealkylation sites (N-methyl/N-ethyl adjacent to an activating group) is 1. The van der Waals surface area contributed by atoms with Crippen LogP contribution in [0.15, 0.2) is 15.6 Å². The molecule has 26 heavy (non-hydrogen) atoms. The van der Waals surface area contributed by atoms with Crippen molar-refractivity contribution in [3.05, 3.63) is 17.5 Å². The van der Waals surface area contributed by atoms with Gasteiger partial charge in [0, 0.05) is 26.2 Å². The van der Waals surface area contributed by atoms with E-state index < -0.39 is 0 Å². The molecule has 7 nitrogen and oxygen atoms in total. The highest BCUT2D eigenvalue weighted by atomic mass is 127. The lowest BCUT2D eigenvalue weighted by Gasteiger charge is -2.25. The highest BCUT2D eigenvalue weighted by molar-refractivity contribution is 14.0. The monoisotopic (exact) mass is 477 g/mol. The number of hydrogen-bond donors (Lipinski definition) is 2. The molecule has 0 saturated heterocycles. The molecule has 0 radical (unpaired) electrons. The van der Waals surface area contributed by atoms with Crippen LogP contribution in [-0.4, -0.2) is 48.6 Å². The molecule has 148 valence electrons. The van der Waals surface area contributed by atoms with Crippen LogP contribution in [0.2, 0.25) is 0 Å². The topological polar surface area (TPSA) is 82.8 Å². The van der Waals surface area contributed by atoms with Gasteiger partial charge in [-0.1, -0.05) is 38.3 Å². The van der Waals surface area contributed by atoms with Gasteiger partial charge in [-0.2, -0.15) is 0 Å². The van der Waals surface area contributed by atoms with Crippen molar-refractivity contribution < 1.29 is 9.32 Å². The molecule has 2 rings (SSSR count). The number of nitrogens with zero attached hydrogens (tertiary/aromatic N) is 3. The molecule has 0 bridgehead atoms. The van der Waals surface area contributed by atoms with E-state index in [0.29, 0.717) is 24.5 Å². The molecule has 2 N–H and O–H groups in total. The second kappa shape index (κ2) is 11.4. The van der Waals surface area contributed by atoms with E-state index in [1.165, 1.54) is 19.3 Å². The van der Waals surface area contributed by atoms with Gasteiger partial charge in [0.1, 0.15) is 6.54 Å². The molecule has 1 heterocycles. The first-order chi connectivity index (χ1) is 12.0. The van der Waals surface area contributed by atoms with E-state index in [-0.39, 0.29) is 36.4 Å². The Morgan fingerprint density at radius 3 is 2.62 bits per heavy atom. The van der Waals surface area contributed by atoms with E-state index in [1.807, 2.05) is 6.07 Å². The van der Waals surface area contributed by atoms with Gasteiger partial charge >= 0.3 is 0 Å². The van der Waals surface area contributed by atoms with Gasteiger partial charge < -0.3 is 20.1 Å². The third kappa shape index (κ3) is 7.51. The number of aromatic nitrogens is 1. The fourth-order valence-electron chi connectivity index (χ4n) is 2.74. The first-order valence-corrected chi connectivity index (χ1v) is 9.16. The molecule has 0 aliphatic heterocycles. The lowest BCUT2D eigenvalue weighted by molar-refractivity contribution is -0.127. The Bertz CT molecular complexity index is 580. The molecular weight excluding hydrogens is 445 g/mol. The van der Waals surface area contributed by atoms with Crippen LogP contribution in [0.1, 0.15) is 63.3 Å². The molecule has 1 fully saturated rings. The maximum absolute atomic E-state index is 11.8. The van der Waals surface area contributed by atoms with Crippen molar-refractivity contribution in [1.29, 1.82) is 0 Å². The summed E-state index contributed by atoms with van der Waals surface area (Å²) < 4.78 is 5.36. The molecule has 1 aromatic rings. The SMILES string of the molecule is CC(C)c1cc(CNC(=NCC(=O)N(C)C)NC2CCCCC2)on1.I. The number of rotatable bonds is 6. The van der Waals surface area contributed by atoms with Gasteiger partial charge in [0.2, 0.25) is 5.91 Å². The highest BCUT2D eigenvalue weighted by Crippen LogP contribution is 2.17. The van der Waals surface area contributed by atoms with Crippen LogP contribution in [-0.2, 0) is 11.3 Å². The van der Waals surface area contributed by atoms with Gasteiger partial charge in [-0.15, -0.1) is 24.0 Å². The van der Waals surface area contributed by atoms with Gasteiger partial charge in [0.15, 0.2) is 11.7 Å². The Morgan fingerprint density at radius 1 is 1.35 bits per heavy atom. The Labute approximate surface area is 173 Å². The van der Waals surface area contributed by atoms with Crippen LogP contribution in [0.4, 0.5) is 0 Å². The molecule has 1 saturated carbocycles. The summed E-state index contributed by atoms with van der Waals surface area (Å²) in [6.45, 7) is 4.79. The summed E-state index contributed by atoms with van der Waals surface area (Å²) in [6.07, 6.45) is 6.06. The quantitative estimate of drug-likeness (QED) is 0.374. The second-order valence-corrected chi connectivity index (χ2v) is 7.16.